The number of halogens is 2. The first-order valence-corrected chi connectivity index (χ1v) is 8.84. The van der Waals surface area contributed by atoms with E-state index in [-0.39, 0.29) is 18.2 Å². The molecule has 1 aromatic carbocycles. The molecule has 1 heterocycles. The molecule has 0 saturated carbocycles. The maximum Gasteiger partial charge on any atom is 0.179 e. The molecule has 0 bridgehead atoms. The molecular weight excluding hydrogens is 364 g/mol. The number of nitrogens with one attached hydrogen (secondary N) is 1. The minimum atomic E-state index is -3.17. The van der Waals surface area contributed by atoms with Crippen molar-refractivity contribution in [1.82, 2.24) is 10.2 Å². The van der Waals surface area contributed by atoms with Crippen LogP contribution in [0.5, 0.6) is 0 Å². The number of rotatable bonds is 5. The molecule has 0 aliphatic carbocycles. The summed E-state index contributed by atoms with van der Waals surface area (Å²) in [6.07, 6.45) is 1.09. The van der Waals surface area contributed by atoms with Crippen LogP contribution in [0.25, 0.3) is 0 Å². The number of nitrogens with zero attached hydrogens (tertiary/aromatic N) is 1. The van der Waals surface area contributed by atoms with Gasteiger partial charge in [0.2, 0.25) is 0 Å². The topological polar surface area (TPSA) is 49.4 Å². The van der Waals surface area contributed by atoms with Gasteiger partial charge in [0.25, 0.3) is 0 Å². The van der Waals surface area contributed by atoms with Gasteiger partial charge in [0.05, 0.1) is 10.6 Å². The maximum atomic E-state index is 12.2. The van der Waals surface area contributed by atoms with Gasteiger partial charge in [-0.25, -0.2) is 8.42 Å². The van der Waals surface area contributed by atoms with E-state index in [1.54, 1.807) is 24.3 Å². The summed E-state index contributed by atoms with van der Waals surface area (Å²) in [5, 5.41) is 3.23. The highest BCUT2D eigenvalue weighted by Crippen LogP contribution is 2.17. The highest BCUT2D eigenvalue weighted by Gasteiger charge is 2.23. The Hall–Kier alpha value is -0.140. The van der Waals surface area contributed by atoms with E-state index in [4.69, 9.17) is 0 Å². The molecule has 1 fully saturated rings. The van der Waals surface area contributed by atoms with Crippen molar-refractivity contribution < 1.29 is 8.42 Å². The monoisotopic (exact) mass is 382 g/mol. The lowest BCUT2D eigenvalue weighted by Crippen LogP contribution is -2.32. The van der Waals surface area contributed by atoms with Gasteiger partial charge >= 0.3 is 0 Å². The highest BCUT2D eigenvalue weighted by molar-refractivity contribution is 9.10. The van der Waals surface area contributed by atoms with E-state index in [1.807, 2.05) is 7.05 Å². The second-order valence-corrected chi connectivity index (χ2v) is 7.87. The van der Waals surface area contributed by atoms with Crippen LogP contribution >= 0.6 is 28.3 Å². The maximum absolute atomic E-state index is 12.2. The SMILES string of the molecule is CNC1CCN(CCS(=O)(=O)c2ccc(Br)cc2)C1.Cl. The van der Waals surface area contributed by atoms with E-state index < -0.39 is 9.84 Å². The summed E-state index contributed by atoms with van der Waals surface area (Å²) < 4.78 is 25.3. The van der Waals surface area contributed by atoms with Crippen molar-refractivity contribution in [2.75, 3.05) is 32.4 Å². The van der Waals surface area contributed by atoms with Gasteiger partial charge in [-0.05, 0) is 44.3 Å². The molecule has 1 N–H and O–H groups in total. The number of sulfone groups is 1. The van der Waals surface area contributed by atoms with Crippen molar-refractivity contribution in [2.24, 2.45) is 0 Å². The average Bonchev–Trinajstić information content (AvgIpc) is 2.85. The van der Waals surface area contributed by atoms with Gasteiger partial charge in [0.1, 0.15) is 0 Å². The molecule has 0 amide bonds. The lowest BCUT2D eigenvalue weighted by Gasteiger charge is -2.15. The van der Waals surface area contributed by atoms with Gasteiger partial charge in [0, 0.05) is 23.6 Å². The first-order chi connectivity index (χ1) is 9.01. The van der Waals surface area contributed by atoms with Crippen LogP contribution in [0.4, 0.5) is 0 Å². The van der Waals surface area contributed by atoms with Crippen LogP contribution in [0.1, 0.15) is 6.42 Å². The smallest absolute Gasteiger partial charge is 0.179 e. The Morgan fingerprint density at radius 2 is 2.00 bits per heavy atom. The Labute approximate surface area is 135 Å². The first kappa shape index (κ1) is 17.9. The Kier molecular flexibility index (Phi) is 6.94. The number of likely N-dealkylation sites (N-methyl/N-ethyl adjacent to an activating group) is 1. The van der Waals surface area contributed by atoms with E-state index >= 15 is 0 Å². The molecule has 1 aliphatic rings. The van der Waals surface area contributed by atoms with E-state index in [2.05, 4.69) is 26.1 Å². The molecule has 1 aliphatic heterocycles. The minimum absolute atomic E-state index is 0. The summed E-state index contributed by atoms with van der Waals surface area (Å²) in [7, 11) is -1.22. The molecule has 4 nitrogen and oxygen atoms in total. The van der Waals surface area contributed by atoms with Crippen molar-refractivity contribution in [1.29, 1.82) is 0 Å². The third-order valence-corrected chi connectivity index (χ3v) is 5.77. The van der Waals surface area contributed by atoms with Crippen molar-refractivity contribution in [3.63, 3.8) is 0 Å². The van der Waals surface area contributed by atoms with E-state index in [9.17, 15) is 8.42 Å². The number of hydrogen-bond acceptors (Lipinski definition) is 4. The zero-order chi connectivity index (χ0) is 13.9. The number of likely N-dealkylation sites (tertiary alicyclic amines) is 1. The molecule has 114 valence electrons. The van der Waals surface area contributed by atoms with Gasteiger partial charge in [-0.3, -0.25) is 0 Å². The molecule has 0 aromatic heterocycles. The van der Waals surface area contributed by atoms with Gasteiger partial charge in [0.15, 0.2) is 9.84 Å². The van der Waals surface area contributed by atoms with Crippen LogP contribution in [-0.4, -0.2) is 51.8 Å². The fourth-order valence-corrected chi connectivity index (χ4v) is 3.83. The Morgan fingerprint density at radius 1 is 1.35 bits per heavy atom. The molecule has 7 heteroatoms. The Morgan fingerprint density at radius 3 is 2.55 bits per heavy atom. The van der Waals surface area contributed by atoms with Crippen LogP contribution in [0.15, 0.2) is 33.6 Å². The highest BCUT2D eigenvalue weighted by atomic mass is 79.9. The van der Waals surface area contributed by atoms with Gasteiger partial charge in [-0.1, -0.05) is 15.9 Å². The number of hydrogen-bond donors (Lipinski definition) is 1. The summed E-state index contributed by atoms with van der Waals surface area (Å²) >= 11 is 3.31. The third-order valence-electron chi connectivity index (χ3n) is 3.53. The molecule has 20 heavy (non-hydrogen) atoms. The lowest BCUT2D eigenvalue weighted by molar-refractivity contribution is 0.349. The molecule has 0 radical (unpaired) electrons. The molecule has 2 rings (SSSR count). The average molecular weight is 384 g/mol. The summed E-state index contributed by atoms with van der Waals surface area (Å²) in [5.74, 6) is 0.186. The van der Waals surface area contributed by atoms with Crippen LogP contribution in [0, 0.1) is 0 Å². The summed E-state index contributed by atoms with van der Waals surface area (Å²) in [4.78, 5) is 2.61. The zero-order valence-electron chi connectivity index (χ0n) is 11.4. The van der Waals surface area contributed by atoms with Gasteiger partial charge < -0.3 is 10.2 Å². The largest absolute Gasteiger partial charge is 0.316 e. The normalized spacial score (nSPS) is 19.8. The molecule has 0 spiro atoms. The molecule has 1 aromatic rings. The Bertz CT molecular complexity index is 522. The van der Waals surface area contributed by atoms with Crippen LogP contribution in [0.2, 0.25) is 0 Å². The van der Waals surface area contributed by atoms with Gasteiger partial charge in [-0.15, -0.1) is 12.4 Å². The standard InChI is InChI=1S/C13H19BrN2O2S.ClH/c1-15-12-6-7-16(10-12)8-9-19(17,18)13-4-2-11(14)3-5-13;/h2-5,12,15H,6-10H2,1H3;1H. The minimum Gasteiger partial charge on any atom is -0.316 e. The third kappa shape index (κ3) is 4.70. The van der Waals surface area contributed by atoms with Crippen LogP contribution < -0.4 is 5.32 Å². The second kappa shape index (κ2) is 7.75. The van der Waals surface area contributed by atoms with E-state index in [1.165, 1.54) is 0 Å². The predicted octanol–water partition coefficient (Wildman–Crippen LogP) is 1.94. The first-order valence-electron chi connectivity index (χ1n) is 6.39. The second-order valence-electron chi connectivity index (χ2n) is 4.85. The van der Waals surface area contributed by atoms with Crippen molar-refractivity contribution in [3.05, 3.63) is 28.7 Å². The summed E-state index contributed by atoms with van der Waals surface area (Å²) in [5.41, 5.74) is 0. The lowest BCUT2D eigenvalue weighted by atomic mass is 10.3. The summed E-state index contributed by atoms with van der Waals surface area (Å²) in [6.45, 7) is 2.52. The molecule has 1 saturated heterocycles. The predicted molar refractivity (Wildman–Crippen MR) is 87.3 cm³/mol. The van der Waals surface area contributed by atoms with E-state index in [0.717, 1.165) is 24.0 Å². The molecule has 1 unspecified atom stereocenters. The van der Waals surface area contributed by atoms with Crippen molar-refractivity contribution in [2.45, 2.75) is 17.4 Å². The molecular formula is C13H20BrClN2O2S. The Balaban J connectivity index is 0.00000200. The quantitative estimate of drug-likeness (QED) is 0.844. The van der Waals surface area contributed by atoms with Crippen LogP contribution in [-0.2, 0) is 9.84 Å². The van der Waals surface area contributed by atoms with E-state index in [0.29, 0.717) is 17.5 Å². The van der Waals surface area contributed by atoms with Crippen molar-refractivity contribution in [3.8, 4) is 0 Å². The van der Waals surface area contributed by atoms with Crippen LogP contribution in [0.3, 0.4) is 0 Å². The van der Waals surface area contributed by atoms with Gasteiger partial charge in [-0.2, -0.15) is 0 Å². The van der Waals surface area contributed by atoms with Crippen molar-refractivity contribution >= 4 is 38.2 Å². The summed E-state index contributed by atoms with van der Waals surface area (Å²) in [6, 6.07) is 7.33. The number of benzene rings is 1. The molecule has 1 atom stereocenters. The fraction of sp³-hybridized carbons (Fsp3) is 0.538. The zero-order valence-corrected chi connectivity index (χ0v) is 14.6. The fourth-order valence-electron chi connectivity index (χ4n) is 2.28.